The number of nitrogens with one attached hydrogen (secondary N) is 2. The lowest BCUT2D eigenvalue weighted by atomic mass is 9.68. The summed E-state index contributed by atoms with van der Waals surface area (Å²) < 4.78 is 4.58. The predicted octanol–water partition coefficient (Wildman–Crippen LogP) is 5.04. The molecule has 0 radical (unpaired) electrons. The number of hydrogen-bond donors (Lipinski definition) is 2. The molecule has 0 aliphatic heterocycles. The van der Waals surface area contributed by atoms with E-state index in [9.17, 15) is 9.59 Å². The lowest BCUT2D eigenvalue weighted by Gasteiger charge is -2.36. The van der Waals surface area contributed by atoms with E-state index in [4.69, 9.17) is 11.6 Å². The van der Waals surface area contributed by atoms with Crippen molar-refractivity contribution in [3.8, 4) is 0 Å². The van der Waals surface area contributed by atoms with Gasteiger partial charge in [0.25, 0.3) is 0 Å². The summed E-state index contributed by atoms with van der Waals surface area (Å²) >= 11 is 6.19. The molecule has 0 saturated heterocycles. The van der Waals surface area contributed by atoms with Crippen LogP contribution in [0, 0.1) is 0 Å². The van der Waals surface area contributed by atoms with Crippen LogP contribution in [-0.2, 0) is 21.5 Å². The third kappa shape index (κ3) is 4.65. The highest BCUT2D eigenvalue weighted by Gasteiger charge is 2.40. The standard InChI is InChI=1S/C22H25ClN2O3/c1-28-21(27)25-19-10-8-16(9-11-19)15-24-20(26)22(12-3-2-4-13-22)17-6-5-7-18(23)14-17/h5-11,14H,2-4,12-13,15H2,1H3,(H,24,26)(H,25,27). The molecule has 0 spiro atoms. The molecular formula is C22H25ClN2O3. The molecule has 2 aromatic carbocycles. The smallest absolute Gasteiger partial charge is 0.411 e. The summed E-state index contributed by atoms with van der Waals surface area (Å²) in [6.45, 7) is 0.430. The molecular weight excluding hydrogens is 376 g/mol. The van der Waals surface area contributed by atoms with Gasteiger partial charge >= 0.3 is 6.09 Å². The van der Waals surface area contributed by atoms with Gasteiger partial charge in [-0.05, 0) is 48.2 Å². The molecule has 2 amide bonds. The lowest BCUT2D eigenvalue weighted by Crippen LogP contribution is -2.45. The van der Waals surface area contributed by atoms with Crippen molar-refractivity contribution in [3.05, 3.63) is 64.7 Å². The van der Waals surface area contributed by atoms with Gasteiger partial charge in [-0.15, -0.1) is 0 Å². The fraction of sp³-hybridized carbons (Fsp3) is 0.364. The maximum Gasteiger partial charge on any atom is 0.411 e. The summed E-state index contributed by atoms with van der Waals surface area (Å²) in [6.07, 6.45) is 4.38. The van der Waals surface area contributed by atoms with Crippen molar-refractivity contribution >= 4 is 29.3 Å². The molecule has 5 nitrogen and oxygen atoms in total. The molecule has 1 aliphatic carbocycles. The number of hydrogen-bond acceptors (Lipinski definition) is 3. The number of halogens is 1. The first-order valence-electron chi connectivity index (χ1n) is 9.52. The number of carbonyl (C=O) groups excluding carboxylic acids is 2. The Labute approximate surface area is 170 Å². The summed E-state index contributed by atoms with van der Waals surface area (Å²) in [6, 6.07) is 15.0. The molecule has 2 N–H and O–H groups in total. The number of amides is 2. The zero-order chi connectivity index (χ0) is 20.0. The molecule has 0 unspecified atom stereocenters. The Hall–Kier alpha value is -2.53. The van der Waals surface area contributed by atoms with E-state index < -0.39 is 11.5 Å². The van der Waals surface area contributed by atoms with Gasteiger partial charge in [0.1, 0.15) is 0 Å². The van der Waals surface area contributed by atoms with Gasteiger partial charge in [-0.1, -0.05) is 55.1 Å². The Balaban J connectivity index is 1.70. The van der Waals surface area contributed by atoms with Crippen LogP contribution in [0.5, 0.6) is 0 Å². The van der Waals surface area contributed by atoms with Crippen LogP contribution in [0.4, 0.5) is 10.5 Å². The number of rotatable bonds is 5. The van der Waals surface area contributed by atoms with Crippen LogP contribution in [0.15, 0.2) is 48.5 Å². The molecule has 2 aromatic rings. The number of anilines is 1. The Bertz CT molecular complexity index is 830. The quantitative estimate of drug-likeness (QED) is 0.739. The topological polar surface area (TPSA) is 67.4 Å². The molecule has 0 heterocycles. The van der Waals surface area contributed by atoms with E-state index in [2.05, 4.69) is 15.4 Å². The number of carbonyl (C=O) groups is 2. The number of benzene rings is 2. The zero-order valence-corrected chi connectivity index (χ0v) is 16.7. The summed E-state index contributed by atoms with van der Waals surface area (Å²) in [5.74, 6) is 0.0474. The molecule has 1 aliphatic rings. The summed E-state index contributed by atoms with van der Waals surface area (Å²) in [5, 5.41) is 6.37. The SMILES string of the molecule is COC(=O)Nc1ccc(CNC(=O)C2(c3cccc(Cl)c3)CCCCC2)cc1. The first-order chi connectivity index (χ1) is 13.5. The number of methoxy groups -OCH3 is 1. The van der Waals surface area contributed by atoms with Crippen LogP contribution in [0.1, 0.15) is 43.2 Å². The highest BCUT2D eigenvalue weighted by atomic mass is 35.5. The van der Waals surface area contributed by atoms with Crippen molar-refractivity contribution in [1.82, 2.24) is 5.32 Å². The Kier molecular flexibility index (Phi) is 6.57. The van der Waals surface area contributed by atoms with E-state index in [0.717, 1.165) is 43.2 Å². The van der Waals surface area contributed by atoms with E-state index >= 15 is 0 Å². The van der Waals surface area contributed by atoms with Crippen molar-refractivity contribution in [1.29, 1.82) is 0 Å². The van der Waals surface area contributed by atoms with Gasteiger partial charge < -0.3 is 10.1 Å². The molecule has 0 atom stereocenters. The maximum atomic E-state index is 13.2. The lowest BCUT2D eigenvalue weighted by molar-refractivity contribution is -0.128. The van der Waals surface area contributed by atoms with E-state index in [1.807, 2.05) is 36.4 Å². The summed E-state index contributed by atoms with van der Waals surface area (Å²) in [5.41, 5.74) is 2.08. The second-order valence-corrected chi connectivity index (χ2v) is 7.59. The highest BCUT2D eigenvalue weighted by Crippen LogP contribution is 2.40. The minimum atomic E-state index is -0.518. The van der Waals surface area contributed by atoms with Crippen LogP contribution in [0.3, 0.4) is 0 Å². The molecule has 28 heavy (non-hydrogen) atoms. The minimum absolute atomic E-state index is 0.0474. The monoisotopic (exact) mass is 400 g/mol. The van der Waals surface area contributed by atoms with Gasteiger partial charge in [0, 0.05) is 17.3 Å². The second-order valence-electron chi connectivity index (χ2n) is 7.15. The third-order valence-electron chi connectivity index (χ3n) is 5.36. The predicted molar refractivity (Wildman–Crippen MR) is 111 cm³/mol. The Morgan fingerprint density at radius 1 is 1.07 bits per heavy atom. The fourth-order valence-electron chi connectivity index (χ4n) is 3.81. The summed E-state index contributed by atoms with van der Waals surface area (Å²) in [4.78, 5) is 24.5. The van der Waals surface area contributed by atoms with Gasteiger partial charge in [-0.3, -0.25) is 10.1 Å². The normalized spacial score (nSPS) is 15.5. The van der Waals surface area contributed by atoms with Crippen molar-refractivity contribution in [2.45, 2.75) is 44.1 Å². The zero-order valence-electron chi connectivity index (χ0n) is 16.0. The van der Waals surface area contributed by atoms with Crippen molar-refractivity contribution < 1.29 is 14.3 Å². The molecule has 6 heteroatoms. The Morgan fingerprint density at radius 3 is 2.43 bits per heavy atom. The average molecular weight is 401 g/mol. The van der Waals surface area contributed by atoms with Crippen LogP contribution >= 0.6 is 11.6 Å². The molecule has 1 saturated carbocycles. The van der Waals surface area contributed by atoms with E-state index in [-0.39, 0.29) is 5.91 Å². The van der Waals surface area contributed by atoms with Crippen LogP contribution in [-0.4, -0.2) is 19.1 Å². The highest BCUT2D eigenvalue weighted by molar-refractivity contribution is 6.30. The van der Waals surface area contributed by atoms with Crippen molar-refractivity contribution in [2.24, 2.45) is 0 Å². The van der Waals surface area contributed by atoms with Crippen LogP contribution in [0.25, 0.3) is 0 Å². The Morgan fingerprint density at radius 2 is 1.79 bits per heavy atom. The average Bonchev–Trinajstić information content (AvgIpc) is 2.73. The van der Waals surface area contributed by atoms with E-state index in [1.165, 1.54) is 7.11 Å². The van der Waals surface area contributed by atoms with Gasteiger partial charge in [0.15, 0.2) is 0 Å². The molecule has 0 aromatic heterocycles. The number of ether oxygens (including phenoxy) is 1. The second kappa shape index (κ2) is 9.11. The fourth-order valence-corrected chi connectivity index (χ4v) is 4.00. The van der Waals surface area contributed by atoms with Crippen molar-refractivity contribution in [2.75, 3.05) is 12.4 Å². The van der Waals surface area contributed by atoms with Gasteiger partial charge in [0.2, 0.25) is 5.91 Å². The van der Waals surface area contributed by atoms with Gasteiger partial charge in [-0.25, -0.2) is 4.79 Å². The van der Waals surface area contributed by atoms with Crippen LogP contribution < -0.4 is 10.6 Å². The maximum absolute atomic E-state index is 13.2. The van der Waals surface area contributed by atoms with Crippen LogP contribution in [0.2, 0.25) is 5.02 Å². The molecule has 1 fully saturated rings. The molecule has 0 bridgehead atoms. The first kappa shape index (κ1) is 20.2. The molecule has 148 valence electrons. The first-order valence-corrected chi connectivity index (χ1v) is 9.89. The van der Waals surface area contributed by atoms with Crippen molar-refractivity contribution in [3.63, 3.8) is 0 Å². The van der Waals surface area contributed by atoms with E-state index in [1.54, 1.807) is 12.1 Å². The van der Waals surface area contributed by atoms with Gasteiger partial charge in [0.05, 0.1) is 12.5 Å². The minimum Gasteiger partial charge on any atom is -0.453 e. The van der Waals surface area contributed by atoms with Gasteiger partial charge in [-0.2, -0.15) is 0 Å². The largest absolute Gasteiger partial charge is 0.453 e. The summed E-state index contributed by atoms with van der Waals surface area (Å²) in [7, 11) is 1.32. The van der Waals surface area contributed by atoms with E-state index in [0.29, 0.717) is 17.3 Å². The molecule has 3 rings (SSSR count). The third-order valence-corrected chi connectivity index (χ3v) is 5.59.